The lowest BCUT2D eigenvalue weighted by molar-refractivity contribution is -0.112. The maximum atomic E-state index is 13.0. The molecule has 0 spiro atoms. The van der Waals surface area contributed by atoms with Crippen LogP contribution in [0.1, 0.15) is 39.8 Å². The van der Waals surface area contributed by atoms with E-state index in [2.05, 4.69) is 10.3 Å². The third-order valence-electron chi connectivity index (χ3n) is 6.10. The highest BCUT2D eigenvalue weighted by atomic mass is 16.5. The molecule has 164 valence electrons. The van der Waals surface area contributed by atoms with Gasteiger partial charge in [0.15, 0.2) is 17.7 Å². The largest absolute Gasteiger partial charge is 0.503 e. The van der Waals surface area contributed by atoms with Crippen molar-refractivity contribution in [3.8, 4) is 5.75 Å². The Kier molecular flexibility index (Phi) is 4.90. The Bertz CT molecular complexity index is 1300. The molecule has 3 aromatic rings. The lowest BCUT2D eigenvalue weighted by Gasteiger charge is -2.44. The third kappa shape index (κ3) is 3.21. The van der Waals surface area contributed by atoms with E-state index in [-0.39, 0.29) is 30.4 Å². The molecule has 4 heterocycles. The fraction of sp³-hybridized carbons (Fsp3) is 0.304. The van der Waals surface area contributed by atoms with Gasteiger partial charge in [-0.15, -0.1) is 0 Å². The number of benzene rings is 1. The molecule has 32 heavy (non-hydrogen) atoms. The number of hydrogen-bond acceptors (Lipinski definition) is 6. The van der Waals surface area contributed by atoms with Crippen LogP contribution in [0, 0.1) is 0 Å². The van der Waals surface area contributed by atoms with Crippen molar-refractivity contribution in [1.82, 2.24) is 19.8 Å². The van der Waals surface area contributed by atoms with E-state index in [1.807, 2.05) is 31.2 Å². The van der Waals surface area contributed by atoms with Crippen LogP contribution in [0.2, 0.25) is 0 Å². The molecule has 2 aliphatic heterocycles. The number of carbonyl (C=O) groups excluding carboxylic acids is 2. The van der Waals surface area contributed by atoms with Gasteiger partial charge in [-0.1, -0.05) is 18.2 Å². The summed E-state index contributed by atoms with van der Waals surface area (Å²) in [5.41, 5.74) is 0.442. The highest BCUT2D eigenvalue weighted by Crippen LogP contribution is 2.29. The smallest absolute Gasteiger partial charge is 0.276 e. The van der Waals surface area contributed by atoms with Gasteiger partial charge in [0.2, 0.25) is 5.43 Å². The minimum absolute atomic E-state index is 0.0670. The molecule has 0 aliphatic carbocycles. The molecule has 1 fully saturated rings. The molecule has 0 bridgehead atoms. The van der Waals surface area contributed by atoms with Crippen molar-refractivity contribution in [3.63, 3.8) is 0 Å². The lowest BCUT2D eigenvalue weighted by atomic mass is 10.1. The van der Waals surface area contributed by atoms with Crippen LogP contribution in [-0.4, -0.2) is 50.2 Å². The van der Waals surface area contributed by atoms with Crippen LogP contribution >= 0.6 is 0 Å². The monoisotopic (exact) mass is 434 g/mol. The maximum Gasteiger partial charge on any atom is 0.276 e. The van der Waals surface area contributed by atoms with Crippen LogP contribution in [0.3, 0.4) is 0 Å². The van der Waals surface area contributed by atoms with Crippen molar-refractivity contribution >= 4 is 22.7 Å². The number of ether oxygens (including phenoxy) is 1. The van der Waals surface area contributed by atoms with Crippen molar-refractivity contribution in [3.05, 3.63) is 69.8 Å². The SMILES string of the molecule is C[C@@H]1CCOC2Cn3cc(C(=O)NCc4ccnc5ccccc45)c(=O)c(O)c3C(=O)N21. The molecule has 1 aromatic carbocycles. The average Bonchev–Trinajstić information content (AvgIpc) is 2.79. The molecular weight excluding hydrogens is 412 g/mol. The first-order valence-corrected chi connectivity index (χ1v) is 10.5. The minimum Gasteiger partial charge on any atom is -0.503 e. The zero-order chi connectivity index (χ0) is 22.4. The van der Waals surface area contributed by atoms with Gasteiger partial charge in [0, 0.05) is 30.4 Å². The van der Waals surface area contributed by atoms with Crippen LogP contribution < -0.4 is 10.7 Å². The maximum absolute atomic E-state index is 13.0. The molecule has 9 heteroatoms. The van der Waals surface area contributed by atoms with E-state index in [1.54, 1.807) is 17.2 Å². The summed E-state index contributed by atoms with van der Waals surface area (Å²) in [6.07, 6.45) is 3.17. The molecule has 2 amide bonds. The van der Waals surface area contributed by atoms with Crippen molar-refractivity contribution < 1.29 is 19.4 Å². The molecule has 9 nitrogen and oxygen atoms in total. The van der Waals surface area contributed by atoms with Crippen molar-refractivity contribution in [2.24, 2.45) is 0 Å². The number of para-hydroxylation sites is 1. The third-order valence-corrected chi connectivity index (χ3v) is 6.10. The van der Waals surface area contributed by atoms with Gasteiger partial charge < -0.3 is 24.6 Å². The molecule has 0 radical (unpaired) electrons. The topological polar surface area (TPSA) is 114 Å². The summed E-state index contributed by atoms with van der Waals surface area (Å²) in [5.74, 6) is -1.82. The Morgan fingerprint density at radius 2 is 2.09 bits per heavy atom. The molecular formula is C23H22N4O5. The van der Waals surface area contributed by atoms with Gasteiger partial charge in [-0.05, 0) is 31.0 Å². The number of nitrogens with zero attached hydrogens (tertiary/aromatic N) is 3. The highest BCUT2D eigenvalue weighted by Gasteiger charge is 2.41. The molecule has 1 unspecified atom stereocenters. The summed E-state index contributed by atoms with van der Waals surface area (Å²) in [5, 5.41) is 14.2. The molecule has 0 saturated carbocycles. The number of hydrogen-bond donors (Lipinski definition) is 2. The first kappa shape index (κ1) is 20.2. The molecule has 2 atom stereocenters. The number of carbonyl (C=O) groups is 2. The van der Waals surface area contributed by atoms with Crippen molar-refractivity contribution in [1.29, 1.82) is 0 Å². The molecule has 2 N–H and O–H groups in total. The van der Waals surface area contributed by atoms with Gasteiger partial charge in [0.25, 0.3) is 11.8 Å². The fourth-order valence-corrected chi connectivity index (χ4v) is 4.40. The summed E-state index contributed by atoms with van der Waals surface area (Å²) in [6.45, 7) is 2.83. The van der Waals surface area contributed by atoms with E-state index in [9.17, 15) is 19.5 Å². The second-order valence-corrected chi connectivity index (χ2v) is 8.07. The Morgan fingerprint density at radius 3 is 2.94 bits per heavy atom. The Labute approximate surface area is 183 Å². The van der Waals surface area contributed by atoms with Crippen LogP contribution in [-0.2, 0) is 17.8 Å². The summed E-state index contributed by atoms with van der Waals surface area (Å²) >= 11 is 0. The van der Waals surface area contributed by atoms with Gasteiger partial charge in [-0.25, -0.2) is 0 Å². The van der Waals surface area contributed by atoms with E-state index >= 15 is 0 Å². The molecule has 5 rings (SSSR count). The van der Waals surface area contributed by atoms with E-state index in [4.69, 9.17) is 4.74 Å². The van der Waals surface area contributed by atoms with Crippen molar-refractivity contribution in [2.75, 3.05) is 6.61 Å². The van der Waals surface area contributed by atoms with Gasteiger partial charge in [-0.2, -0.15) is 0 Å². The zero-order valence-corrected chi connectivity index (χ0v) is 17.4. The minimum atomic E-state index is -0.870. The van der Waals surface area contributed by atoms with E-state index < -0.39 is 29.2 Å². The lowest BCUT2D eigenvalue weighted by Crippen LogP contribution is -2.57. The zero-order valence-electron chi connectivity index (χ0n) is 17.4. The summed E-state index contributed by atoms with van der Waals surface area (Å²) in [4.78, 5) is 44.4. The Balaban J connectivity index is 1.45. The Morgan fingerprint density at radius 1 is 1.28 bits per heavy atom. The standard InChI is InChI=1S/C23H22N4O5/c1-13-7-9-32-18-12-26-11-16(20(28)21(29)19(26)23(31)27(13)18)22(30)25-10-14-6-8-24-17-5-3-2-4-15(14)17/h2-6,8,11,13,18,29H,7,9-10,12H2,1H3,(H,25,30)/t13-,18?/m1/s1. The van der Waals surface area contributed by atoms with Crippen LogP contribution in [0.4, 0.5) is 0 Å². The number of nitrogens with one attached hydrogen (secondary N) is 1. The molecule has 1 saturated heterocycles. The van der Waals surface area contributed by atoms with Gasteiger partial charge in [0.05, 0.1) is 18.7 Å². The van der Waals surface area contributed by atoms with Gasteiger partial charge in [-0.3, -0.25) is 19.4 Å². The number of amides is 2. The second-order valence-electron chi connectivity index (χ2n) is 8.07. The number of fused-ring (bicyclic) bond motifs is 3. The predicted octanol–water partition coefficient (Wildman–Crippen LogP) is 1.62. The van der Waals surface area contributed by atoms with E-state index in [1.165, 1.54) is 10.8 Å². The summed E-state index contributed by atoms with van der Waals surface area (Å²) < 4.78 is 7.15. The molecule has 2 aliphatic rings. The fourth-order valence-electron chi connectivity index (χ4n) is 4.40. The first-order chi connectivity index (χ1) is 15.5. The van der Waals surface area contributed by atoms with Gasteiger partial charge >= 0.3 is 0 Å². The van der Waals surface area contributed by atoms with Crippen LogP contribution in [0.15, 0.2) is 47.5 Å². The number of aromatic nitrogens is 2. The number of rotatable bonds is 3. The quantitative estimate of drug-likeness (QED) is 0.648. The number of pyridine rings is 2. The first-order valence-electron chi connectivity index (χ1n) is 10.5. The highest BCUT2D eigenvalue weighted by molar-refractivity contribution is 5.99. The van der Waals surface area contributed by atoms with E-state index in [0.29, 0.717) is 13.0 Å². The summed E-state index contributed by atoms with van der Waals surface area (Å²) in [7, 11) is 0. The number of aromatic hydroxyl groups is 1. The predicted molar refractivity (Wildman–Crippen MR) is 115 cm³/mol. The van der Waals surface area contributed by atoms with Gasteiger partial charge in [0.1, 0.15) is 5.56 Å². The summed E-state index contributed by atoms with van der Waals surface area (Å²) in [6, 6.07) is 9.29. The van der Waals surface area contributed by atoms with Crippen LogP contribution in [0.5, 0.6) is 5.75 Å². The second kappa shape index (κ2) is 7.76. The molecule has 2 aromatic heterocycles. The average molecular weight is 434 g/mol. The van der Waals surface area contributed by atoms with E-state index in [0.717, 1.165) is 16.5 Å². The van der Waals surface area contributed by atoms with Crippen LogP contribution in [0.25, 0.3) is 10.9 Å². The Hall–Kier alpha value is -3.72. The normalized spacial score (nSPS) is 20.0. The van der Waals surface area contributed by atoms with Crippen molar-refractivity contribution in [2.45, 2.75) is 38.7 Å².